The van der Waals surface area contributed by atoms with E-state index in [1.165, 1.54) is 116 Å². The molecule has 13 nitrogen and oxygen atoms in total. The molecule has 3 heterocycles. The molecule has 3 N–H and O–H groups in total. The molecule has 0 radical (unpaired) electrons. The van der Waals surface area contributed by atoms with Gasteiger partial charge in [-0.05, 0) is 49.7 Å². The maximum absolute atomic E-state index is 11.3. The van der Waals surface area contributed by atoms with Crippen molar-refractivity contribution in [2.24, 2.45) is 17.6 Å². The molecule has 3 aliphatic rings. The summed E-state index contributed by atoms with van der Waals surface area (Å²) in [6, 6.07) is 5.21. The predicted molar refractivity (Wildman–Crippen MR) is 205 cm³/mol. The van der Waals surface area contributed by atoms with Crippen LogP contribution in [0.25, 0.3) is 0 Å². The molecule has 3 fully saturated rings. The Kier molecular flexibility index (Phi) is 26.5. The highest BCUT2D eigenvalue weighted by Gasteiger charge is 2.18. The third-order valence-electron chi connectivity index (χ3n) is 8.43. The number of carbonyl (C=O) groups excluding carboxylic acids is 2. The van der Waals surface area contributed by atoms with Crippen LogP contribution in [0.2, 0.25) is 5.15 Å². The lowest BCUT2D eigenvalue weighted by atomic mass is 10.0. The van der Waals surface area contributed by atoms with Gasteiger partial charge < -0.3 is 20.3 Å². The molecule has 292 valence electrons. The molecule has 14 heteroatoms. The lowest BCUT2D eigenvalue weighted by Crippen LogP contribution is -2.13. The molecule has 0 aliphatic heterocycles. The van der Waals surface area contributed by atoms with E-state index in [1.807, 2.05) is 0 Å². The number of methoxy groups -OCH3 is 2. The molecule has 0 bridgehead atoms. The number of hydrogen-bond donors (Lipinski definition) is 2. The summed E-state index contributed by atoms with van der Waals surface area (Å²) in [6.45, 7) is 0. The number of nitrogens with zero attached hydrogens (tertiary/aromatic N) is 6. The highest BCUT2D eigenvalue weighted by atomic mass is 35.5. The van der Waals surface area contributed by atoms with E-state index in [-0.39, 0.29) is 46.2 Å². The van der Waals surface area contributed by atoms with E-state index in [4.69, 9.17) is 22.4 Å². The number of hydrogen-bond acceptors (Lipinski definition) is 12. The Morgan fingerprint density at radius 1 is 0.635 bits per heavy atom. The van der Waals surface area contributed by atoms with Crippen molar-refractivity contribution in [2.75, 3.05) is 14.2 Å². The lowest BCUT2D eigenvalue weighted by Gasteiger charge is -2.08. The molecule has 0 saturated heterocycles. The maximum atomic E-state index is 11.3. The second-order valence-corrected chi connectivity index (χ2v) is 12.4. The third kappa shape index (κ3) is 18.4. The Balaban J connectivity index is 0. The number of ether oxygens (including phenoxy) is 2. The largest absolute Gasteiger partial charge is 0.477 e. The number of halogens is 1. The number of rotatable bonds is 7. The summed E-state index contributed by atoms with van der Waals surface area (Å²) in [4.78, 5) is 55.9. The summed E-state index contributed by atoms with van der Waals surface area (Å²) in [5.74, 6) is -0.489. The zero-order chi connectivity index (χ0) is 34.7. The fourth-order valence-electron chi connectivity index (χ4n) is 5.88. The molecule has 0 spiro atoms. The highest BCUT2D eigenvalue weighted by Crippen LogP contribution is 2.28. The molecule has 52 heavy (non-hydrogen) atoms. The van der Waals surface area contributed by atoms with Gasteiger partial charge in [-0.1, -0.05) is 106 Å². The SMILES string of the molecule is C.C.C.C.COC(=O)c1cc(CC2CCCC2)ncn1.COC(=O)c1cc(Cl)ncn1.NC1CCCC1.O=C(O)c1cc(CC2CCCC2)ncn1. The standard InChI is InChI=1S/C12H16N2O2.C11H14N2O2.C6H5ClN2O2.C5H11N.4CH4/c1-16-12(15)11-7-10(13-8-14-11)6-9-4-2-3-5-9;14-11(15)10-6-9(12-7-13-10)5-8-3-1-2-4-8;1-11-6(10)4-2-5(7)9-3-8-4;6-5-3-1-2-4-5;;;;/h7-9H,2-6H2,1H3;6-8H,1-5H2,(H,14,15);2-3H,1H3;5H,1-4,6H2;4*1H4. The zero-order valence-electron chi connectivity index (χ0n) is 27.7. The van der Waals surface area contributed by atoms with Gasteiger partial charge in [0.15, 0.2) is 17.1 Å². The van der Waals surface area contributed by atoms with Crippen molar-refractivity contribution >= 4 is 29.5 Å². The minimum Gasteiger partial charge on any atom is -0.477 e. The summed E-state index contributed by atoms with van der Waals surface area (Å²) >= 11 is 5.49. The van der Waals surface area contributed by atoms with E-state index >= 15 is 0 Å². The number of carbonyl (C=O) groups is 3. The molecule has 3 saturated carbocycles. The molecule has 0 aromatic carbocycles. The summed E-state index contributed by atoms with van der Waals surface area (Å²) in [5, 5.41) is 9.00. The summed E-state index contributed by atoms with van der Waals surface area (Å²) < 4.78 is 9.04. The van der Waals surface area contributed by atoms with Gasteiger partial charge in [-0.2, -0.15) is 0 Å². The highest BCUT2D eigenvalue weighted by molar-refractivity contribution is 6.29. The molecular weight excluding hydrogens is 686 g/mol. The van der Waals surface area contributed by atoms with Crippen LogP contribution in [0.15, 0.2) is 37.2 Å². The first kappa shape index (κ1) is 50.0. The fourth-order valence-corrected chi connectivity index (χ4v) is 6.03. The van der Waals surface area contributed by atoms with E-state index in [0.717, 1.165) is 30.1 Å². The van der Waals surface area contributed by atoms with Crippen molar-refractivity contribution in [3.8, 4) is 0 Å². The van der Waals surface area contributed by atoms with Gasteiger partial charge in [0, 0.05) is 23.5 Å². The summed E-state index contributed by atoms with van der Waals surface area (Å²) in [7, 11) is 2.64. The minimum atomic E-state index is -0.981. The van der Waals surface area contributed by atoms with E-state index in [2.05, 4.69) is 39.4 Å². The number of carboxylic acids is 1. The Hall–Kier alpha value is -4.10. The topological polar surface area (TPSA) is 193 Å². The van der Waals surface area contributed by atoms with Crippen LogP contribution in [0, 0.1) is 11.8 Å². The van der Waals surface area contributed by atoms with Gasteiger partial charge in [0.25, 0.3) is 0 Å². The van der Waals surface area contributed by atoms with E-state index in [9.17, 15) is 14.4 Å². The van der Waals surface area contributed by atoms with Crippen LogP contribution in [0.1, 0.15) is 150 Å². The normalized spacial score (nSPS) is 14.8. The molecule has 0 amide bonds. The van der Waals surface area contributed by atoms with Crippen LogP contribution in [0.5, 0.6) is 0 Å². The average molecular weight is 748 g/mol. The molecule has 6 rings (SSSR count). The van der Waals surface area contributed by atoms with Gasteiger partial charge in [-0.3, -0.25) is 0 Å². The van der Waals surface area contributed by atoms with Gasteiger partial charge in [0.05, 0.1) is 14.2 Å². The molecule has 0 unspecified atom stereocenters. The number of aromatic carboxylic acids is 1. The zero-order valence-corrected chi connectivity index (χ0v) is 28.5. The van der Waals surface area contributed by atoms with Crippen LogP contribution in [0.4, 0.5) is 0 Å². The van der Waals surface area contributed by atoms with Gasteiger partial charge in [-0.15, -0.1) is 0 Å². The van der Waals surface area contributed by atoms with Crippen LogP contribution in [-0.4, -0.2) is 73.2 Å². The molecular formula is C38H62ClN7O6. The molecule has 3 aromatic rings. The Bertz CT molecular complexity index is 1450. The van der Waals surface area contributed by atoms with Gasteiger partial charge in [-0.25, -0.2) is 44.3 Å². The first-order valence-corrected chi connectivity index (χ1v) is 16.8. The Morgan fingerprint density at radius 2 is 1.00 bits per heavy atom. The van der Waals surface area contributed by atoms with Gasteiger partial charge >= 0.3 is 17.9 Å². The van der Waals surface area contributed by atoms with E-state index < -0.39 is 17.9 Å². The van der Waals surface area contributed by atoms with Crippen molar-refractivity contribution in [3.05, 3.63) is 70.8 Å². The number of carboxylic acid groups (broad SMARTS) is 1. The monoisotopic (exact) mass is 747 g/mol. The number of nitrogens with two attached hydrogens (primary N) is 1. The van der Waals surface area contributed by atoms with Crippen LogP contribution in [-0.2, 0) is 22.3 Å². The molecule has 3 aliphatic carbocycles. The number of esters is 2. The Labute approximate surface area is 316 Å². The molecule has 0 atom stereocenters. The van der Waals surface area contributed by atoms with Gasteiger partial charge in [0.2, 0.25) is 0 Å². The van der Waals surface area contributed by atoms with Crippen LogP contribution >= 0.6 is 11.6 Å². The second kappa shape index (κ2) is 27.5. The maximum Gasteiger partial charge on any atom is 0.356 e. The quantitative estimate of drug-likeness (QED) is 0.173. The predicted octanol–water partition coefficient (Wildman–Crippen LogP) is 8.25. The van der Waals surface area contributed by atoms with Crippen molar-refractivity contribution < 1.29 is 29.0 Å². The van der Waals surface area contributed by atoms with Crippen molar-refractivity contribution in [2.45, 2.75) is 126 Å². The van der Waals surface area contributed by atoms with Gasteiger partial charge in [0.1, 0.15) is 24.1 Å². The van der Waals surface area contributed by atoms with Crippen molar-refractivity contribution in [1.29, 1.82) is 0 Å². The summed E-state index contributed by atoms with van der Waals surface area (Å²) in [6.07, 6.45) is 21.3. The van der Waals surface area contributed by atoms with Crippen molar-refractivity contribution in [3.63, 3.8) is 0 Å². The first-order chi connectivity index (χ1) is 23.2. The fraction of sp³-hybridized carbons (Fsp3) is 0.605. The first-order valence-electron chi connectivity index (χ1n) is 16.4. The second-order valence-electron chi connectivity index (χ2n) is 12.1. The van der Waals surface area contributed by atoms with Crippen molar-refractivity contribution in [1.82, 2.24) is 29.9 Å². The van der Waals surface area contributed by atoms with E-state index in [1.54, 1.807) is 12.1 Å². The third-order valence-corrected chi connectivity index (χ3v) is 8.64. The molecule has 3 aromatic heterocycles. The summed E-state index contributed by atoms with van der Waals surface area (Å²) in [5.41, 5.74) is 7.94. The van der Waals surface area contributed by atoms with E-state index in [0.29, 0.717) is 17.7 Å². The smallest absolute Gasteiger partial charge is 0.356 e. The average Bonchev–Trinajstić information content (AvgIpc) is 3.91. The van der Waals surface area contributed by atoms with Crippen LogP contribution < -0.4 is 5.73 Å². The van der Waals surface area contributed by atoms with Crippen LogP contribution in [0.3, 0.4) is 0 Å². The Morgan fingerprint density at radius 3 is 1.37 bits per heavy atom. The number of aromatic nitrogens is 6. The lowest BCUT2D eigenvalue weighted by molar-refractivity contribution is 0.0585. The minimum absolute atomic E-state index is 0.